The van der Waals surface area contributed by atoms with Crippen LogP contribution in [0.1, 0.15) is 20.3 Å². The van der Waals surface area contributed by atoms with Gasteiger partial charge in [0.15, 0.2) is 17.9 Å². The molecule has 1 N–H and O–H groups in total. The summed E-state index contributed by atoms with van der Waals surface area (Å²) in [6, 6.07) is 0. The van der Waals surface area contributed by atoms with Gasteiger partial charge < -0.3 is 14.6 Å². The summed E-state index contributed by atoms with van der Waals surface area (Å²) in [5.41, 5.74) is 0. The van der Waals surface area contributed by atoms with Crippen LogP contribution < -0.4 is 0 Å². The van der Waals surface area contributed by atoms with E-state index in [2.05, 4.69) is 0 Å². The Balaban J connectivity index is 2.57. The van der Waals surface area contributed by atoms with Crippen molar-refractivity contribution >= 4 is 12.1 Å². The third-order valence-corrected chi connectivity index (χ3v) is 2.00. The van der Waals surface area contributed by atoms with E-state index in [0.717, 1.165) is 0 Å². The van der Waals surface area contributed by atoms with E-state index in [-0.39, 0.29) is 19.3 Å². The van der Waals surface area contributed by atoms with Crippen molar-refractivity contribution in [2.24, 2.45) is 0 Å². The first-order chi connectivity index (χ1) is 6.44. The number of hydrogen-bond donors (Lipinski definition) is 1. The molecule has 14 heavy (non-hydrogen) atoms. The van der Waals surface area contributed by atoms with Gasteiger partial charge in [-0.15, -0.1) is 0 Å². The van der Waals surface area contributed by atoms with E-state index in [4.69, 9.17) is 9.47 Å². The smallest absolute Gasteiger partial charge is 0.197 e. The van der Waals surface area contributed by atoms with Crippen LogP contribution in [0.2, 0.25) is 0 Å². The Labute approximate surface area is 82.0 Å². The number of aliphatic hydroxyl groups is 1. The Morgan fingerprint density at radius 2 is 2.29 bits per heavy atom. The molecule has 0 spiro atoms. The minimum atomic E-state index is -0.855. The molecule has 1 aliphatic heterocycles. The van der Waals surface area contributed by atoms with Crippen LogP contribution in [-0.4, -0.2) is 41.8 Å². The predicted molar refractivity (Wildman–Crippen MR) is 46.6 cm³/mol. The summed E-state index contributed by atoms with van der Waals surface area (Å²) in [4.78, 5) is 21.0. The van der Waals surface area contributed by atoms with E-state index in [1.54, 1.807) is 13.8 Å². The maximum Gasteiger partial charge on any atom is 0.197 e. The molecule has 1 saturated heterocycles. The summed E-state index contributed by atoms with van der Waals surface area (Å²) in [5.74, 6) is -1.39. The van der Waals surface area contributed by atoms with Gasteiger partial charge in [-0.25, -0.2) is 0 Å². The number of carbonyl (C=O) groups is 2. The second-order valence-corrected chi connectivity index (χ2v) is 3.72. The van der Waals surface area contributed by atoms with Gasteiger partial charge in [0.05, 0.1) is 12.7 Å². The molecule has 80 valence electrons. The second-order valence-electron chi connectivity index (χ2n) is 3.72. The Morgan fingerprint density at radius 3 is 2.86 bits per heavy atom. The second kappa shape index (κ2) is 4.16. The van der Waals surface area contributed by atoms with Gasteiger partial charge >= 0.3 is 0 Å². The monoisotopic (exact) mass is 202 g/mol. The first kappa shape index (κ1) is 11.3. The Kier molecular flexibility index (Phi) is 3.36. The average Bonchev–Trinajstić information content (AvgIpc) is 2.11. The lowest BCUT2D eigenvalue weighted by atomic mass is 10.1. The third kappa shape index (κ3) is 2.87. The molecule has 5 heteroatoms. The van der Waals surface area contributed by atoms with Gasteiger partial charge in [-0.1, -0.05) is 0 Å². The third-order valence-electron chi connectivity index (χ3n) is 2.00. The fourth-order valence-corrected chi connectivity index (χ4v) is 1.29. The van der Waals surface area contributed by atoms with Crippen molar-refractivity contribution in [2.75, 3.05) is 6.61 Å². The molecule has 1 rings (SSSR count). The number of carbonyl (C=O) groups excluding carboxylic acids is 2. The van der Waals surface area contributed by atoms with Crippen LogP contribution in [0.15, 0.2) is 0 Å². The molecule has 2 atom stereocenters. The molecule has 0 aliphatic carbocycles. The predicted octanol–water partition coefficient (Wildman–Crippen LogP) is -0.343. The van der Waals surface area contributed by atoms with Gasteiger partial charge in [0.25, 0.3) is 0 Å². The molecule has 0 aromatic carbocycles. The van der Waals surface area contributed by atoms with Gasteiger partial charge in [-0.2, -0.15) is 0 Å². The number of aldehydes is 1. The van der Waals surface area contributed by atoms with Crippen LogP contribution in [-0.2, 0) is 19.1 Å². The lowest BCUT2D eigenvalue weighted by molar-refractivity contribution is -0.303. The van der Waals surface area contributed by atoms with Crippen molar-refractivity contribution in [1.82, 2.24) is 0 Å². The molecule has 5 nitrogen and oxygen atoms in total. The lowest BCUT2D eigenvalue weighted by Crippen LogP contribution is -2.49. The fourth-order valence-electron chi connectivity index (χ4n) is 1.29. The lowest BCUT2D eigenvalue weighted by Gasteiger charge is -2.38. The maximum absolute atomic E-state index is 10.8. The molecule has 0 radical (unpaired) electrons. The fraction of sp³-hybridized carbons (Fsp3) is 0.778. The van der Waals surface area contributed by atoms with Crippen LogP contribution in [0.5, 0.6) is 0 Å². The van der Waals surface area contributed by atoms with Crippen LogP contribution in [0.3, 0.4) is 0 Å². The van der Waals surface area contributed by atoms with Gasteiger partial charge in [-0.3, -0.25) is 9.59 Å². The van der Waals surface area contributed by atoms with Crippen molar-refractivity contribution in [3.63, 3.8) is 0 Å². The quantitative estimate of drug-likeness (QED) is 0.500. The molecule has 1 heterocycles. The number of rotatable bonds is 3. The number of ketones is 1. The highest BCUT2D eigenvalue weighted by molar-refractivity contribution is 6.25. The highest BCUT2D eigenvalue weighted by atomic mass is 16.7. The first-order valence-electron chi connectivity index (χ1n) is 4.42. The van der Waals surface area contributed by atoms with E-state index < -0.39 is 23.8 Å². The summed E-state index contributed by atoms with van der Waals surface area (Å²) < 4.78 is 10.5. The summed E-state index contributed by atoms with van der Waals surface area (Å²) in [6.07, 6.45) is -1.38. The van der Waals surface area contributed by atoms with Crippen LogP contribution in [0.4, 0.5) is 0 Å². The largest absolute Gasteiger partial charge is 0.388 e. The number of Topliss-reactive ketones (excluding diaryl/α,β-unsaturated/α-hetero) is 1. The van der Waals surface area contributed by atoms with Crippen LogP contribution in [0, 0.1) is 0 Å². The van der Waals surface area contributed by atoms with Gasteiger partial charge in [0, 0.05) is 6.42 Å². The summed E-state index contributed by atoms with van der Waals surface area (Å²) in [6.45, 7) is 3.50. The van der Waals surface area contributed by atoms with E-state index in [0.29, 0.717) is 0 Å². The van der Waals surface area contributed by atoms with Gasteiger partial charge in [0.1, 0.15) is 6.10 Å². The van der Waals surface area contributed by atoms with E-state index >= 15 is 0 Å². The van der Waals surface area contributed by atoms with Crippen molar-refractivity contribution < 1.29 is 24.2 Å². The van der Waals surface area contributed by atoms with E-state index in [1.165, 1.54) is 0 Å². The molecule has 1 fully saturated rings. The zero-order valence-corrected chi connectivity index (χ0v) is 8.23. The molecule has 1 aliphatic rings. The standard InChI is InChI=1S/C9H14O5/c1-9(2)13-5-7(12)8(14-9)3-6(11)4-10/h4,7-8,12H,3,5H2,1-2H3. The minimum Gasteiger partial charge on any atom is -0.388 e. The number of hydrogen-bond acceptors (Lipinski definition) is 5. The molecule has 0 saturated carbocycles. The topological polar surface area (TPSA) is 72.8 Å². The summed E-state index contributed by atoms with van der Waals surface area (Å²) in [7, 11) is 0. The van der Waals surface area contributed by atoms with Crippen LogP contribution in [0.25, 0.3) is 0 Å². The average molecular weight is 202 g/mol. The Bertz CT molecular complexity index is 235. The van der Waals surface area contributed by atoms with Crippen LogP contribution >= 0.6 is 0 Å². The molecule has 0 aromatic rings. The van der Waals surface area contributed by atoms with Gasteiger partial charge in [0.2, 0.25) is 0 Å². The summed E-state index contributed by atoms with van der Waals surface area (Å²) >= 11 is 0. The van der Waals surface area contributed by atoms with Crippen molar-refractivity contribution in [1.29, 1.82) is 0 Å². The highest BCUT2D eigenvalue weighted by Crippen LogP contribution is 2.24. The molecule has 0 amide bonds. The normalized spacial score (nSPS) is 31.1. The van der Waals surface area contributed by atoms with Crippen molar-refractivity contribution in [3.05, 3.63) is 0 Å². The zero-order valence-electron chi connectivity index (χ0n) is 8.23. The molecule has 2 unspecified atom stereocenters. The van der Waals surface area contributed by atoms with Gasteiger partial charge in [-0.05, 0) is 13.8 Å². The number of ether oxygens (including phenoxy) is 2. The van der Waals surface area contributed by atoms with E-state index in [1.807, 2.05) is 0 Å². The number of aliphatic hydroxyl groups excluding tert-OH is 1. The molecular weight excluding hydrogens is 188 g/mol. The Morgan fingerprint density at radius 1 is 1.64 bits per heavy atom. The molecular formula is C9H14O5. The minimum absolute atomic E-state index is 0.0997. The van der Waals surface area contributed by atoms with E-state index in [9.17, 15) is 14.7 Å². The van der Waals surface area contributed by atoms with Crippen molar-refractivity contribution in [2.45, 2.75) is 38.3 Å². The zero-order chi connectivity index (χ0) is 10.8. The maximum atomic E-state index is 10.8. The SMILES string of the molecule is CC1(C)OCC(O)C(CC(=O)C=O)O1. The molecule has 0 aromatic heterocycles. The van der Waals surface area contributed by atoms with Crippen molar-refractivity contribution in [3.8, 4) is 0 Å². The first-order valence-corrected chi connectivity index (χ1v) is 4.42. The summed E-state index contributed by atoms with van der Waals surface area (Å²) in [5, 5.41) is 9.43. The Hall–Kier alpha value is -0.780. The highest BCUT2D eigenvalue weighted by Gasteiger charge is 2.36. The molecule has 0 bridgehead atoms.